The lowest BCUT2D eigenvalue weighted by atomic mass is 10.0. The maximum atomic E-state index is 13.6. The maximum absolute atomic E-state index is 13.6. The van der Waals surface area contributed by atoms with Gasteiger partial charge in [-0.2, -0.15) is 0 Å². The van der Waals surface area contributed by atoms with Gasteiger partial charge in [-0.25, -0.2) is 0 Å². The SMILES string of the molecule is CC(C)NC(=O)[C@@H](Cc1ccccc1)N(Cc1cccc(Cl)c1)C(=O)CSCc1cccc(Cl)c1. The van der Waals surface area contributed by atoms with E-state index in [9.17, 15) is 9.59 Å². The van der Waals surface area contributed by atoms with Crippen molar-refractivity contribution in [3.8, 4) is 0 Å². The molecule has 0 heterocycles. The molecule has 0 aliphatic heterocycles. The number of amides is 2. The second-order valence-electron chi connectivity index (χ2n) is 8.64. The molecule has 0 aliphatic rings. The van der Waals surface area contributed by atoms with E-state index in [1.165, 1.54) is 11.8 Å². The Bertz CT molecular complexity index is 1120. The van der Waals surface area contributed by atoms with Gasteiger partial charge in [-0.1, -0.05) is 77.8 Å². The van der Waals surface area contributed by atoms with Crippen LogP contribution in [0.3, 0.4) is 0 Å². The van der Waals surface area contributed by atoms with Gasteiger partial charge in [-0.05, 0) is 54.8 Å². The van der Waals surface area contributed by atoms with E-state index >= 15 is 0 Å². The summed E-state index contributed by atoms with van der Waals surface area (Å²) in [7, 11) is 0. The summed E-state index contributed by atoms with van der Waals surface area (Å²) in [6.45, 7) is 4.13. The minimum Gasteiger partial charge on any atom is -0.352 e. The molecule has 0 spiro atoms. The number of nitrogens with one attached hydrogen (secondary N) is 1. The highest BCUT2D eigenvalue weighted by Crippen LogP contribution is 2.21. The molecule has 0 aliphatic carbocycles. The Morgan fingerprint density at radius 2 is 1.46 bits per heavy atom. The van der Waals surface area contributed by atoms with Crippen LogP contribution < -0.4 is 5.32 Å². The second-order valence-corrected chi connectivity index (χ2v) is 10.5. The first-order valence-corrected chi connectivity index (χ1v) is 13.4. The van der Waals surface area contributed by atoms with Crippen molar-refractivity contribution in [1.29, 1.82) is 0 Å². The van der Waals surface area contributed by atoms with E-state index in [4.69, 9.17) is 23.2 Å². The Kier molecular flexibility index (Phi) is 10.5. The van der Waals surface area contributed by atoms with Gasteiger partial charge in [0, 0.05) is 34.8 Å². The molecule has 0 unspecified atom stereocenters. The minimum atomic E-state index is -0.655. The monoisotopic (exact) mass is 528 g/mol. The topological polar surface area (TPSA) is 49.4 Å². The van der Waals surface area contributed by atoms with E-state index < -0.39 is 6.04 Å². The molecule has 3 aromatic rings. The van der Waals surface area contributed by atoms with Crippen LogP contribution in [-0.2, 0) is 28.3 Å². The van der Waals surface area contributed by atoms with Crippen molar-refractivity contribution in [2.75, 3.05) is 5.75 Å². The van der Waals surface area contributed by atoms with Crippen LogP contribution >= 0.6 is 35.0 Å². The third-order valence-electron chi connectivity index (χ3n) is 5.33. The van der Waals surface area contributed by atoms with E-state index in [-0.39, 0.29) is 23.6 Å². The van der Waals surface area contributed by atoms with Gasteiger partial charge in [-0.15, -0.1) is 11.8 Å². The van der Waals surface area contributed by atoms with Gasteiger partial charge in [-0.3, -0.25) is 9.59 Å². The number of thioether (sulfide) groups is 1. The lowest BCUT2D eigenvalue weighted by Gasteiger charge is -2.32. The van der Waals surface area contributed by atoms with Crippen LogP contribution in [0.15, 0.2) is 78.9 Å². The number of carbonyl (C=O) groups excluding carboxylic acids is 2. The van der Waals surface area contributed by atoms with E-state index in [2.05, 4.69) is 5.32 Å². The first-order valence-electron chi connectivity index (χ1n) is 11.5. The second kappa shape index (κ2) is 13.6. The van der Waals surface area contributed by atoms with Crippen LogP contribution in [0.1, 0.15) is 30.5 Å². The summed E-state index contributed by atoms with van der Waals surface area (Å²) in [4.78, 5) is 28.6. The van der Waals surface area contributed by atoms with Gasteiger partial charge in [0.2, 0.25) is 11.8 Å². The molecule has 0 aromatic heterocycles. The Hall–Kier alpha value is -2.47. The Morgan fingerprint density at radius 3 is 2.09 bits per heavy atom. The summed E-state index contributed by atoms with van der Waals surface area (Å²) in [6, 6.07) is 24.1. The standard InChI is InChI=1S/C28H30Cl2N2O2S/c1-20(2)31-28(34)26(16-21-8-4-3-5-9-21)32(17-22-10-6-12-24(29)14-22)27(33)19-35-18-23-11-7-13-25(30)15-23/h3-15,20,26H,16-19H2,1-2H3,(H,31,34)/t26-/m1/s1. The highest BCUT2D eigenvalue weighted by atomic mass is 35.5. The van der Waals surface area contributed by atoms with Crippen molar-refractivity contribution in [2.24, 2.45) is 0 Å². The third kappa shape index (κ3) is 8.92. The predicted molar refractivity (Wildman–Crippen MR) is 147 cm³/mol. The molecule has 2 amide bonds. The molecule has 35 heavy (non-hydrogen) atoms. The van der Waals surface area contributed by atoms with Crippen molar-refractivity contribution in [2.45, 2.75) is 44.6 Å². The molecule has 3 aromatic carbocycles. The molecule has 1 N–H and O–H groups in total. The van der Waals surface area contributed by atoms with Crippen LogP contribution in [0.2, 0.25) is 10.0 Å². The van der Waals surface area contributed by atoms with Crippen molar-refractivity contribution in [3.05, 3.63) is 106 Å². The number of nitrogens with zero attached hydrogens (tertiary/aromatic N) is 1. The number of benzene rings is 3. The zero-order valence-electron chi connectivity index (χ0n) is 19.9. The Balaban J connectivity index is 1.84. The van der Waals surface area contributed by atoms with Gasteiger partial charge in [0.1, 0.15) is 6.04 Å². The minimum absolute atomic E-state index is 0.0406. The first-order chi connectivity index (χ1) is 16.8. The van der Waals surface area contributed by atoms with Gasteiger partial charge in [0.05, 0.1) is 5.75 Å². The average molecular weight is 530 g/mol. The third-order valence-corrected chi connectivity index (χ3v) is 6.79. The zero-order chi connectivity index (χ0) is 25.2. The largest absolute Gasteiger partial charge is 0.352 e. The molecule has 0 radical (unpaired) electrons. The van der Waals surface area contributed by atoms with Crippen LogP contribution in [-0.4, -0.2) is 34.6 Å². The van der Waals surface area contributed by atoms with Gasteiger partial charge in [0.25, 0.3) is 0 Å². The average Bonchev–Trinajstić information content (AvgIpc) is 2.81. The van der Waals surface area contributed by atoms with Crippen molar-refractivity contribution in [3.63, 3.8) is 0 Å². The molecule has 1 atom stereocenters. The number of halogens is 2. The molecular weight excluding hydrogens is 499 g/mol. The van der Waals surface area contributed by atoms with Crippen molar-refractivity contribution < 1.29 is 9.59 Å². The lowest BCUT2D eigenvalue weighted by Crippen LogP contribution is -2.52. The van der Waals surface area contributed by atoms with E-state index in [1.807, 2.05) is 86.6 Å². The van der Waals surface area contributed by atoms with Gasteiger partial charge < -0.3 is 10.2 Å². The highest BCUT2D eigenvalue weighted by molar-refractivity contribution is 7.99. The molecule has 0 bridgehead atoms. The quantitative estimate of drug-likeness (QED) is 0.313. The highest BCUT2D eigenvalue weighted by Gasteiger charge is 2.30. The molecule has 0 fully saturated rings. The summed E-state index contributed by atoms with van der Waals surface area (Å²) in [5.74, 6) is 0.627. The zero-order valence-corrected chi connectivity index (χ0v) is 22.2. The Labute approximate surface area is 222 Å². The van der Waals surface area contributed by atoms with Crippen LogP contribution in [0.5, 0.6) is 0 Å². The number of hydrogen-bond acceptors (Lipinski definition) is 3. The summed E-state index contributed by atoms with van der Waals surface area (Å²) in [6.07, 6.45) is 0.421. The first kappa shape index (κ1) is 27.1. The van der Waals surface area contributed by atoms with E-state index in [0.717, 1.165) is 16.7 Å². The van der Waals surface area contributed by atoms with Crippen LogP contribution in [0, 0.1) is 0 Å². The number of hydrogen-bond donors (Lipinski definition) is 1. The number of carbonyl (C=O) groups is 2. The molecule has 7 heteroatoms. The van der Waals surface area contributed by atoms with Gasteiger partial charge >= 0.3 is 0 Å². The molecular formula is C28H30Cl2N2O2S. The Morgan fingerprint density at radius 1 is 0.857 bits per heavy atom. The maximum Gasteiger partial charge on any atom is 0.243 e. The molecule has 4 nitrogen and oxygen atoms in total. The van der Waals surface area contributed by atoms with E-state index in [0.29, 0.717) is 28.8 Å². The fraction of sp³-hybridized carbons (Fsp3) is 0.286. The van der Waals surface area contributed by atoms with Crippen molar-refractivity contribution in [1.82, 2.24) is 10.2 Å². The summed E-state index contributed by atoms with van der Waals surface area (Å²) in [5.41, 5.74) is 2.92. The van der Waals surface area contributed by atoms with Crippen LogP contribution in [0.4, 0.5) is 0 Å². The molecule has 0 saturated carbocycles. The van der Waals surface area contributed by atoms with Crippen LogP contribution in [0.25, 0.3) is 0 Å². The normalized spacial score (nSPS) is 11.8. The lowest BCUT2D eigenvalue weighted by molar-refractivity contribution is -0.139. The fourth-order valence-electron chi connectivity index (χ4n) is 3.73. The molecule has 0 saturated heterocycles. The summed E-state index contributed by atoms with van der Waals surface area (Å²) < 4.78 is 0. The summed E-state index contributed by atoms with van der Waals surface area (Å²) >= 11 is 13.8. The predicted octanol–water partition coefficient (Wildman–Crippen LogP) is 6.39. The molecule has 3 rings (SSSR count). The molecule has 184 valence electrons. The van der Waals surface area contributed by atoms with Crippen molar-refractivity contribution >= 4 is 46.8 Å². The fourth-order valence-corrected chi connectivity index (χ4v) is 5.02. The smallest absolute Gasteiger partial charge is 0.243 e. The summed E-state index contributed by atoms with van der Waals surface area (Å²) in [5, 5.41) is 4.27. The van der Waals surface area contributed by atoms with E-state index in [1.54, 1.807) is 11.0 Å². The number of rotatable bonds is 11. The van der Waals surface area contributed by atoms with Gasteiger partial charge in [0.15, 0.2) is 0 Å².